The van der Waals surface area contributed by atoms with Gasteiger partial charge in [0.1, 0.15) is 12.3 Å². The second-order valence-corrected chi connectivity index (χ2v) is 5.64. The van der Waals surface area contributed by atoms with Crippen molar-refractivity contribution in [2.24, 2.45) is 0 Å². The van der Waals surface area contributed by atoms with E-state index >= 15 is 0 Å². The molecule has 0 fully saturated rings. The van der Waals surface area contributed by atoms with E-state index in [4.69, 9.17) is 4.74 Å². The molecule has 1 N–H and O–H groups in total. The maximum atomic E-state index is 12.4. The first-order valence-electron chi connectivity index (χ1n) is 7.70. The number of rotatable bonds is 5. The number of ether oxygens (including phenoxy) is 1. The van der Waals surface area contributed by atoms with Crippen LogP contribution in [-0.2, 0) is 9.59 Å². The molecule has 0 radical (unpaired) electrons. The first kappa shape index (κ1) is 17.5. The zero-order valence-corrected chi connectivity index (χ0v) is 14.4. The van der Waals surface area contributed by atoms with E-state index in [1.54, 1.807) is 18.2 Å². The summed E-state index contributed by atoms with van der Waals surface area (Å²) >= 11 is 0. The van der Waals surface area contributed by atoms with Crippen LogP contribution in [0.2, 0.25) is 0 Å². The van der Waals surface area contributed by atoms with Crippen molar-refractivity contribution in [1.29, 1.82) is 0 Å². The SMILES string of the molecule is COc1ccccc1N(CC(=O)Nc1cc(C)ccc1C)C(C)=O. The molecule has 5 nitrogen and oxygen atoms in total. The molecule has 24 heavy (non-hydrogen) atoms. The van der Waals surface area contributed by atoms with Crippen LogP contribution in [0, 0.1) is 13.8 Å². The Kier molecular flexibility index (Phi) is 5.58. The van der Waals surface area contributed by atoms with Crippen LogP contribution in [0.1, 0.15) is 18.1 Å². The molecule has 2 aromatic rings. The number of hydrogen-bond donors (Lipinski definition) is 1. The number of carbonyl (C=O) groups excluding carboxylic acids is 2. The molecule has 2 aromatic carbocycles. The fourth-order valence-electron chi connectivity index (χ4n) is 2.42. The zero-order valence-electron chi connectivity index (χ0n) is 14.4. The van der Waals surface area contributed by atoms with E-state index < -0.39 is 0 Å². The standard InChI is InChI=1S/C19H22N2O3/c1-13-9-10-14(2)16(11-13)20-19(23)12-21(15(3)22)17-7-5-6-8-18(17)24-4/h5-11H,12H2,1-4H3,(H,20,23). The summed E-state index contributed by atoms with van der Waals surface area (Å²) in [6.45, 7) is 5.24. The lowest BCUT2D eigenvalue weighted by Crippen LogP contribution is -2.37. The van der Waals surface area contributed by atoms with Crippen LogP contribution in [0.25, 0.3) is 0 Å². The Bertz CT molecular complexity index is 756. The first-order valence-corrected chi connectivity index (χ1v) is 7.70. The molecule has 0 aromatic heterocycles. The van der Waals surface area contributed by atoms with E-state index in [0.29, 0.717) is 11.4 Å². The monoisotopic (exact) mass is 326 g/mol. The molecule has 0 unspecified atom stereocenters. The lowest BCUT2D eigenvalue weighted by atomic mass is 10.1. The van der Waals surface area contributed by atoms with Gasteiger partial charge in [0.15, 0.2) is 0 Å². The largest absolute Gasteiger partial charge is 0.495 e. The summed E-state index contributed by atoms with van der Waals surface area (Å²) < 4.78 is 5.29. The number of methoxy groups -OCH3 is 1. The molecule has 0 aliphatic rings. The maximum absolute atomic E-state index is 12.4. The van der Waals surface area contributed by atoms with Crippen molar-refractivity contribution in [3.8, 4) is 5.75 Å². The van der Waals surface area contributed by atoms with Crippen LogP contribution in [0.4, 0.5) is 11.4 Å². The second-order valence-electron chi connectivity index (χ2n) is 5.64. The molecule has 0 saturated heterocycles. The molecule has 5 heteroatoms. The fourth-order valence-corrected chi connectivity index (χ4v) is 2.42. The quantitative estimate of drug-likeness (QED) is 0.917. The minimum Gasteiger partial charge on any atom is -0.495 e. The minimum atomic E-state index is -0.259. The van der Waals surface area contributed by atoms with Crippen LogP contribution in [0.15, 0.2) is 42.5 Å². The van der Waals surface area contributed by atoms with Gasteiger partial charge in [-0.2, -0.15) is 0 Å². The van der Waals surface area contributed by atoms with E-state index in [1.807, 2.05) is 38.1 Å². The Hall–Kier alpha value is -2.82. The number of para-hydroxylation sites is 2. The fraction of sp³-hybridized carbons (Fsp3) is 0.263. The van der Waals surface area contributed by atoms with Crippen LogP contribution in [-0.4, -0.2) is 25.5 Å². The zero-order chi connectivity index (χ0) is 17.7. The van der Waals surface area contributed by atoms with Gasteiger partial charge in [-0.05, 0) is 43.2 Å². The van der Waals surface area contributed by atoms with E-state index in [1.165, 1.54) is 18.9 Å². The molecule has 0 heterocycles. The highest BCUT2D eigenvalue weighted by Crippen LogP contribution is 2.27. The molecule has 0 spiro atoms. The molecule has 0 aliphatic carbocycles. The van der Waals surface area contributed by atoms with Gasteiger partial charge in [0.25, 0.3) is 0 Å². The lowest BCUT2D eigenvalue weighted by molar-refractivity contribution is -0.120. The molecule has 0 saturated carbocycles. The molecule has 126 valence electrons. The minimum absolute atomic E-state index is 0.0803. The summed E-state index contributed by atoms with van der Waals surface area (Å²) in [6, 6.07) is 13.0. The highest BCUT2D eigenvalue weighted by Gasteiger charge is 2.19. The Labute approximate surface area is 142 Å². The smallest absolute Gasteiger partial charge is 0.244 e. The van der Waals surface area contributed by atoms with Crippen molar-refractivity contribution in [1.82, 2.24) is 0 Å². The number of amides is 2. The predicted molar refractivity (Wildman–Crippen MR) is 95.6 cm³/mol. The molecular weight excluding hydrogens is 304 g/mol. The van der Waals surface area contributed by atoms with Gasteiger partial charge < -0.3 is 10.1 Å². The van der Waals surface area contributed by atoms with Crippen molar-refractivity contribution < 1.29 is 14.3 Å². The van der Waals surface area contributed by atoms with E-state index in [2.05, 4.69) is 5.32 Å². The van der Waals surface area contributed by atoms with Gasteiger partial charge in [-0.15, -0.1) is 0 Å². The Morgan fingerprint density at radius 3 is 2.50 bits per heavy atom. The highest BCUT2D eigenvalue weighted by molar-refractivity contribution is 6.02. The molecular formula is C19H22N2O3. The number of nitrogens with zero attached hydrogens (tertiary/aromatic N) is 1. The van der Waals surface area contributed by atoms with Crippen molar-refractivity contribution in [2.75, 3.05) is 23.9 Å². The summed E-state index contributed by atoms with van der Waals surface area (Å²) in [6.07, 6.45) is 0. The normalized spacial score (nSPS) is 10.2. The number of carbonyl (C=O) groups is 2. The van der Waals surface area contributed by atoms with Gasteiger partial charge in [-0.3, -0.25) is 14.5 Å². The van der Waals surface area contributed by atoms with Crippen LogP contribution >= 0.6 is 0 Å². The maximum Gasteiger partial charge on any atom is 0.244 e. The third-order valence-electron chi connectivity index (χ3n) is 3.72. The molecule has 2 rings (SSSR count). The number of nitrogens with one attached hydrogen (secondary N) is 1. The van der Waals surface area contributed by atoms with Crippen molar-refractivity contribution in [3.63, 3.8) is 0 Å². The highest BCUT2D eigenvalue weighted by atomic mass is 16.5. The summed E-state index contributed by atoms with van der Waals surface area (Å²) in [5.74, 6) is 0.0626. The van der Waals surface area contributed by atoms with Crippen molar-refractivity contribution in [2.45, 2.75) is 20.8 Å². The first-order chi connectivity index (χ1) is 11.4. The average molecular weight is 326 g/mol. The van der Waals surface area contributed by atoms with Crippen LogP contribution in [0.3, 0.4) is 0 Å². The van der Waals surface area contributed by atoms with Crippen LogP contribution < -0.4 is 15.0 Å². The van der Waals surface area contributed by atoms with Crippen molar-refractivity contribution in [3.05, 3.63) is 53.6 Å². The third-order valence-corrected chi connectivity index (χ3v) is 3.72. The summed E-state index contributed by atoms with van der Waals surface area (Å²) in [5, 5.41) is 2.87. The summed E-state index contributed by atoms with van der Waals surface area (Å²) in [4.78, 5) is 25.8. The molecule has 0 aliphatic heterocycles. The lowest BCUT2D eigenvalue weighted by Gasteiger charge is -2.23. The van der Waals surface area contributed by atoms with Gasteiger partial charge in [-0.1, -0.05) is 24.3 Å². The topological polar surface area (TPSA) is 58.6 Å². The van der Waals surface area contributed by atoms with Gasteiger partial charge in [0.2, 0.25) is 11.8 Å². The second kappa shape index (κ2) is 7.64. The summed E-state index contributed by atoms with van der Waals surface area (Å²) in [5.41, 5.74) is 3.36. The van der Waals surface area contributed by atoms with Gasteiger partial charge in [0, 0.05) is 12.6 Å². The Morgan fingerprint density at radius 2 is 1.83 bits per heavy atom. The van der Waals surface area contributed by atoms with Gasteiger partial charge in [0.05, 0.1) is 12.8 Å². The predicted octanol–water partition coefficient (Wildman–Crippen LogP) is 3.30. The molecule has 0 atom stereocenters. The Balaban J connectivity index is 2.20. The van der Waals surface area contributed by atoms with E-state index in [0.717, 1.165) is 16.8 Å². The van der Waals surface area contributed by atoms with Crippen molar-refractivity contribution >= 4 is 23.2 Å². The Morgan fingerprint density at radius 1 is 1.12 bits per heavy atom. The van der Waals surface area contributed by atoms with Gasteiger partial charge in [-0.25, -0.2) is 0 Å². The number of anilines is 2. The summed E-state index contributed by atoms with van der Waals surface area (Å²) in [7, 11) is 1.54. The molecule has 2 amide bonds. The van der Waals surface area contributed by atoms with Crippen LogP contribution in [0.5, 0.6) is 5.75 Å². The number of hydrogen-bond acceptors (Lipinski definition) is 3. The molecule has 0 bridgehead atoms. The van der Waals surface area contributed by atoms with E-state index in [9.17, 15) is 9.59 Å². The van der Waals surface area contributed by atoms with E-state index in [-0.39, 0.29) is 18.4 Å². The van der Waals surface area contributed by atoms with Gasteiger partial charge >= 0.3 is 0 Å². The number of aryl methyl sites for hydroxylation is 2. The number of benzene rings is 2. The average Bonchev–Trinajstić information content (AvgIpc) is 2.55. The third kappa shape index (κ3) is 4.13.